The fraction of sp³-hybridized carbons (Fsp3) is 0.405. The number of benzene rings is 2. The normalized spacial score (nSPS) is 18.6. The summed E-state index contributed by atoms with van der Waals surface area (Å²) in [6, 6.07) is 13.1. The van der Waals surface area contributed by atoms with E-state index in [-0.39, 0.29) is 24.3 Å². The van der Waals surface area contributed by atoms with Crippen LogP contribution >= 0.6 is 0 Å². The fourth-order valence-corrected chi connectivity index (χ4v) is 8.60. The Balaban J connectivity index is 0.752. The minimum Gasteiger partial charge on any atom is -0.474 e. The summed E-state index contributed by atoms with van der Waals surface area (Å²) in [6.07, 6.45) is 4.96. The number of anilines is 6. The zero-order valence-corrected chi connectivity index (χ0v) is 32.3. The molecule has 0 saturated carbocycles. The van der Waals surface area contributed by atoms with Crippen LogP contribution in [0.5, 0.6) is 5.88 Å². The molecule has 0 spiro atoms. The Hall–Kier alpha value is -5.96. The van der Waals surface area contributed by atoms with Crippen LogP contribution in [0.15, 0.2) is 54.9 Å². The number of piperazine rings is 1. The molecule has 5 aliphatic heterocycles. The topological polar surface area (TPSA) is 139 Å². The third kappa shape index (κ3) is 7.39. The molecular formula is C42H47FN10O4. The number of amides is 4. The van der Waals surface area contributed by atoms with Gasteiger partial charge in [0.15, 0.2) is 0 Å². The molecule has 2 aromatic heterocycles. The van der Waals surface area contributed by atoms with Crippen molar-refractivity contribution >= 4 is 52.1 Å². The highest BCUT2D eigenvalue weighted by atomic mass is 19.1. The number of pyridine rings is 2. The maximum absolute atomic E-state index is 15.4. The number of nitrogens with zero attached hydrogens (tertiary/aromatic N) is 7. The third-order valence-electron chi connectivity index (χ3n) is 12.0. The van der Waals surface area contributed by atoms with Gasteiger partial charge < -0.3 is 30.1 Å². The molecule has 57 heavy (non-hydrogen) atoms. The van der Waals surface area contributed by atoms with Crippen molar-refractivity contribution in [3.63, 3.8) is 0 Å². The average Bonchev–Trinajstić information content (AvgIpc) is 3.19. The second-order valence-electron chi connectivity index (χ2n) is 15.5. The lowest BCUT2D eigenvalue weighted by Gasteiger charge is -2.49. The Morgan fingerprint density at radius 2 is 1.75 bits per heavy atom. The first-order valence-electron chi connectivity index (χ1n) is 19.8. The van der Waals surface area contributed by atoms with E-state index in [0.29, 0.717) is 68.2 Å². The predicted molar refractivity (Wildman–Crippen MR) is 216 cm³/mol. The molecule has 4 amide bonds. The summed E-state index contributed by atoms with van der Waals surface area (Å²) in [7, 11) is 0. The first-order valence-corrected chi connectivity index (χ1v) is 19.8. The van der Waals surface area contributed by atoms with Crippen molar-refractivity contribution in [1.29, 1.82) is 0 Å². The number of hydrogen-bond donors (Lipinski definition) is 3. The van der Waals surface area contributed by atoms with Crippen molar-refractivity contribution < 1.29 is 23.5 Å². The van der Waals surface area contributed by atoms with Crippen molar-refractivity contribution in [2.45, 2.75) is 45.7 Å². The molecule has 14 nitrogen and oxygen atoms in total. The van der Waals surface area contributed by atoms with Crippen LogP contribution in [0.4, 0.5) is 43.4 Å². The highest BCUT2D eigenvalue weighted by Crippen LogP contribution is 2.37. The van der Waals surface area contributed by atoms with Gasteiger partial charge in [-0.3, -0.25) is 24.7 Å². The smallest absolute Gasteiger partial charge is 0.328 e. The minimum absolute atomic E-state index is 0.0135. The van der Waals surface area contributed by atoms with Crippen LogP contribution in [-0.4, -0.2) is 109 Å². The summed E-state index contributed by atoms with van der Waals surface area (Å²) in [6.45, 7) is 11.9. The van der Waals surface area contributed by atoms with Crippen LogP contribution < -0.4 is 35.4 Å². The van der Waals surface area contributed by atoms with Crippen LogP contribution in [0.1, 0.15) is 34.2 Å². The van der Waals surface area contributed by atoms with E-state index in [1.165, 1.54) is 11.6 Å². The molecule has 3 saturated heterocycles. The van der Waals surface area contributed by atoms with Gasteiger partial charge in [0.2, 0.25) is 17.7 Å². The van der Waals surface area contributed by atoms with Gasteiger partial charge in [-0.2, -0.15) is 0 Å². The summed E-state index contributed by atoms with van der Waals surface area (Å²) in [5.74, 6) is 0.557. The zero-order chi connectivity index (χ0) is 39.2. The molecule has 3 fully saturated rings. The van der Waals surface area contributed by atoms with Gasteiger partial charge in [0.25, 0.3) is 0 Å². The molecule has 9 rings (SSSR count). The second-order valence-corrected chi connectivity index (χ2v) is 15.5. The van der Waals surface area contributed by atoms with Gasteiger partial charge in [0.05, 0.1) is 18.3 Å². The molecule has 15 heteroatoms. The Labute approximate surface area is 331 Å². The standard InChI is InChI=1S/C42H47FN10O4/c1-26-17-32(5-6-35(26)53-11-8-38(54)48-42(53)56)52-24-33(25-52)49-12-14-50(15-13-49)39(55)19-28-3-4-31(20-34(28)43)47-37-18-30-23-51(10-7-29(30)21-45-37)36-22-46-41-40(27(36)2)44-9-16-57-41/h3-6,17-18,20-22,33,44H,7-16,19,23-25H2,1-2H3,(H,45,47)(H,48,54,56). The molecule has 4 aromatic rings. The van der Waals surface area contributed by atoms with Gasteiger partial charge in [-0.05, 0) is 78.9 Å². The number of nitrogens with one attached hydrogen (secondary N) is 3. The number of halogens is 1. The molecule has 0 atom stereocenters. The lowest BCUT2D eigenvalue weighted by atomic mass is 10.0. The lowest BCUT2D eigenvalue weighted by Crippen LogP contribution is -2.63. The van der Waals surface area contributed by atoms with Crippen LogP contribution in [0.3, 0.4) is 0 Å². The van der Waals surface area contributed by atoms with Gasteiger partial charge >= 0.3 is 6.03 Å². The van der Waals surface area contributed by atoms with E-state index >= 15 is 4.39 Å². The van der Waals surface area contributed by atoms with Crippen molar-refractivity contribution in [2.75, 3.05) is 90.8 Å². The number of carbonyl (C=O) groups excluding carboxylic acids is 3. The minimum atomic E-state index is -0.420. The van der Waals surface area contributed by atoms with Gasteiger partial charge in [0, 0.05) is 107 Å². The number of ether oxygens (including phenoxy) is 1. The SMILES string of the molecule is Cc1cc(N2CC(N3CCN(C(=O)Cc4ccc(Nc5cc6c(cn5)CCN(c5cnc7c(c5C)NCCO7)C6)cc4F)CC3)C2)ccc1N1CCC(=O)NC1=O. The van der Waals surface area contributed by atoms with E-state index in [2.05, 4.69) is 53.6 Å². The lowest BCUT2D eigenvalue weighted by molar-refractivity contribution is -0.132. The molecule has 0 aliphatic carbocycles. The number of imide groups is 1. The number of rotatable bonds is 8. The Kier molecular flexibility index (Phi) is 9.76. The summed E-state index contributed by atoms with van der Waals surface area (Å²) >= 11 is 0. The molecule has 7 heterocycles. The van der Waals surface area contributed by atoms with Crippen molar-refractivity contribution in [2.24, 2.45) is 0 Å². The quantitative estimate of drug-likeness (QED) is 0.236. The first kappa shape index (κ1) is 36.7. The van der Waals surface area contributed by atoms with E-state index in [4.69, 9.17) is 4.74 Å². The summed E-state index contributed by atoms with van der Waals surface area (Å²) < 4.78 is 21.1. The molecule has 296 valence electrons. The van der Waals surface area contributed by atoms with Crippen LogP contribution in [0.2, 0.25) is 0 Å². The summed E-state index contributed by atoms with van der Waals surface area (Å²) in [4.78, 5) is 56.9. The van der Waals surface area contributed by atoms with Crippen LogP contribution in [0, 0.1) is 19.7 Å². The number of aryl methyl sites for hydroxylation is 1. The van der Waals surface area contributed by atoms with Gasteiger partial charge in [-0.15, -0.1) is 0 Å². The maximum atomic E-state index is 15.4. The number of carbonyl (C=O) groups is 3. The second kappa shape index (κ2) is 15.2. The molecule has 3 N–H and O–H groups in total. The van der Waals surface area contributed by atoms with Gasteiger partial charge in [-0.25, -0.2) is 19.2 Å². The zero-order valence-electron chi connectivity index (χ0n) is 32.3. The van der Waals surface area contributed by atoms with Gasteiger partial charge in [0.1, 0.15) is 23.9 Å². The monoisotopic (exact) mass is 774 g/mol. The highest BCUT2D eigenvalue weighted by molar-refractivity contribution is 6.06. The summed E-state index contributed by atoms with van der Waals surface area (Å²) in [5, 5.41) is 9.08. The van der Waals surface area contributed by atoms with Crippen molar-refractivity contribution in [3.05, 3.63) is 88.5 Å². The van der Waals surface area contributed by atoms with Crippen LogP contribution in [0.25, 0.3) is 0 Å². The average molecular weight is 775 g/mol. The Bertz CT molecular complexity index is 2240. The van der Waals surface area contributed by atoms with Crippen LogP contribution in [-0.2, 0) is 29.0 Å². The highest BCUT2D eigenvalue weighted by Gasteiger charge is 2.35. The number of aromatic nitrogens is 2. The van der Waals surface area contributed by atoms with Crippen molar-refractivity contribution in [1.82, 2.24) is 25.1 Å². The van der Waals surface area contributed by atoms with E-state index in [9.17, 15) is 14.4 Å². The molecule has 0 radical (unpaired) electrons. The van der Waals surface area contributed by atoms with E-state index < -0.39 is 5.82 Å². The largest absolute Gasteiger partial charge is 0.474 e. The molecule has 2 aromatic carbocycles. The molecule has 0 unspecified atom stereocenters. The maximum Gasteiger partial charge on any atom is 0.328 e. The van der Waals surface area contributed by atoms with Gasteiger partial charge in [-0.1, -0.05) is 6.07 Å². The van der Waals surface area contributed by atoms with E-state index in [1.54, 1.807) is 17.0 Å². The third-order valence-corrected chi connectivity index (χ3v) is 12.0. The number of fused-ring (bicyclic) bond motifs is 2. The van der Waals surface area contributed by atoms with Crippen molar-refractivity contribution in [3.8, 4) is 5.88 Å². The first-order chi connectivity index (χ1) is 27.7. The summed E-state index contributed by atoms with van der Waals surface area (Å²) in [5.41, 5.74) is 9.36. The molecule has 0 bridgehead atoms. The fourth-order valence-electron chi connectivity index (χ4n) is 8.60. The predicted octanol–water partition coefficient (Wildman–Crippen LogP) is 4.36. The van der Waals surface area contributed by atoms with E-state index in [0.717, 1.165) is 85.1 Å². The number of hydrogen-bond acceptors (Lipinski definition) is 11. The van der Waals surface area contributed by atoms with E-state index in [1.807, 2.05) is 42.4 Å². The number of urea groups is 1. The Morgan fingerprint density at radius 3 is 2.54 bits per heavy atom. The molecular weight excluding hydrogens is 728 g/mol. The molecule has 5 aliphatic rings. The Morgan fingerprint density at radius 1 is 0.912 bits per heavy atom.